The van der Waals surface area contributed by atoms with Gasteiger partial charge in [0, 0.05) is 6.04 Å². The minimum absolute atomic E-state index is 0. The topological polar surface area (TPSA) is 89.8 Å². The van der Waals surface area contributed by atoms with Crippen molar-refractivity contribution in [2.75, 3.05) is 19.7 Å². The van der Waals surface area contributed by atoms with Gasteiger partial charge in [-0.15, -0.1) is 12.4 Å². The molecule has 7 rings (SSSR count). The maximum absolute atomic E-state index is 13.5. The van der Waals surface area contributed by atoms with Crippen molar-refractivity contribution in [3.63, 3.8) is 0 Å². The zero-order valence-corrected chi connectivity index (χ0v) is 22.8. The third-order valence-corrected chi connectivity index (χ3v) is 9.57. The zero-order chi connectivity index (χ0) is 24.3. The summed E-state index contributed by atoms with van der Waals surface area (Å²) in [6.45, 7) is 3.02. The highest BCUT2D eigenvalue weighted by atomic mass is 35.5. The lowest BCUT2D eigenvalue weighted by Crippen LogP contribution is -2.55. The number of rotatable bonds is 9. The van der Waals surface area contributed by atoms with Crippen molar-refractivity contribution >= 4 is 24.5 Å². The van der Waals surface area contributed by atoms with Gasteiger partial charge in [-0.25, -0.2) is 4.68 Å². The van der Waals surface area contributed by atoms with Crippen LogP contribution in [-0.4, -0.2) is 53.7 Å². The van der Waals surface area contributed by atoms with E-state index in [0.717, 1.165) is 37.8 Å². The zero-order valence-electron chi connectivity index (χ0n) is 22.0. The van der Waals surface area contributed by atoms with E-state index in [2.05, 4.69) is 20.9 Å². The number of halogens is 1. The third kappa shape index (κ3) is 6.27. The minimum Gasteiger partial charge on any atom is -0.477 e. The van der Waals surface area contributed by atoms with E-state index in [1.807, 2.05) is 0 Å². The van der Waals surface area contributed by atoms with Gasteiger partial charge in [0.05, 0.1) is 25.6 Å². The Balaban J connectivity index is 0.00000280. The lowest BCUT2D eigenvalue weighted by Gasteiger charge is -2.54. The highest BCUT2D eigenvalue weighted by Gasteiger charge is 2.48. The molecule has 6 aliphatic rings. The van der Waals surface area contributed by atoms with Crippen molar-refractivity contribution in [3.8, 4) is 5.88 Å². The van der Waals surface area contributed by atoms with Gasteiger partial charge in [-0.1, -0.05) is 24.4 Å². The predicted octanol–water partition coefficient (Wildman–Crippen LogP) is 4.57. The molecule has 1 aromatic heterocycles. The molecule has 1 amide bonds. The molecular weight excluding hydrogens is 490 g/mol. The molecule has 1 aliphatic heterocycles. The Morgan fingerprint density at radius 3 is 2.46 bits per heavy atom. The first-order chi connectivity index (χ1) is 17.7. The van der Waals surface area contributed by atoms with Crippen LogP contribution in [0.3, 0.4) is 0 Å². The van der Waals surface area contributed by atoms with Crippen LogP contribution in [-0.2, 0) is 11.4 Å². The van der Waals surface area contributed by atoms with E-state index in [-0.39, 0.29) is 24.4 Å². The SMILES string of the molecule is Cl.O=C(NC1C2CC3CC(C2)CC1C3)c1cnn(C/C=N/OC2CCNCC2)c1OCC1CCCCC1. The van der Waals surface area contributed by atoms with E-state index in [1.54, 1.807) is 17.1 Å². The average Bonchev–Trinajstić information content (AvgIpc) is 3.31. The van der Waals surface area contributed by atoms with Crippen molar-refractivity contribution in [2.24, 2.45) is 34.7 Å². The van der Waals surface area contributed by atoms with Crippen LogP contribution >= 0.6 is 12.4 Å². The smallest absolute Gasteiger partial charge is 0.258 e. The van der Waals surface area contributed by atoms with E-state index in [0.29, 0.717) is 48.4 Å². The summed E-state index contributed by atoms with van der Waals surface area (Å²) in [6.07, 6.45) is 18.4. The minimum atomic E-state index is -0.0275. The maximum atomic E-state index is 13.5. The van der Waals surface area contributed by atoms with Gasteiger partial charge in [0.1, 0.15) is 11.7 Å². The Labute approximate surface area is 227 Å². The summed E-state index contributed by atoms with van der Waals surface area (Å²) < 4.78 is 8.12. The van der Waals surface area contributed by atoms with E-state index in [9.17, 15) is 4.79 Å². The highest BCUT2D eigenvalue weighted by Crippen LogP contribution is 2.53. The molecule has 1 saturated heterocycles. The maximum Gasteiger partial charge on any atom is 0.258 e. The summed E-state index contributed by atoms with van der Waals surface area (Å²) in [5.74, 6) is 4.18. The average molecular weight is 534 g/mol. The normalized spacial score (nSPS) is 31.8. The molecular formula is C28H44ClN5O3. The molecule has 0 atom stereocenters. The summed E-state index contributed by atoms with van der Waals surface area (Å²) >= 11 is 0. The second-order valence-electron chi connectivity index (χ2n) is 12.1. The van der Waals surface area contributed by atoms with Gasteiger partial charge >= 0.3 is 0 Å². The number of nitrogens with one attached hydrogen (secondary N) is 2. The summed E-state index contributed by atoms with van der Waals surface area (Å²) in [4.78, 5) is 19.2. The first kappa shape index (κ1) is 26.8. The molecule has 8 nitrogen and oxygen atoms in total. The van der Waals surface area contributed by atoms with Gasteiger partial charge in [0.25, 0.3) is 5.91 Å². The number of aromatic nitrogens is 2. The number of piperidine rings is 1. The lowest BCUT2D eigenvalue weighted by molar-refractivity contribution is -0.0120. The van der Waals surface area contributed by atoms with Gasteiger partial charge in [0.15, 0.2) is 0 Å². The summed E-state index contributed by atoms with van der Waals surface area (Å²) in [6, 6.07) is 0.305. The van der Waals surface area contributed by atoms with Crippen molar-refractivity contribution in [3.05, 3.63) is 11.8 Å². The number of carbonyl (C=O) groups excluding carboxylic acids is 1. The van der Waals surface area contributed by atoms with Crippen molar-refractivity contribution in [1.29, 1.82) is 0 Å². The quantitative estimate of drug-likeness (QED) is 0.358. The molecule has 0 unspecified atom stereocenters. The largest absolute Gasteiger partial charge is 0.477 e. The molecule has 0 spiro atoms. The fraction of sp³-hybridized carbons (Fsp3) is 0.821. The number of oxime groups is 1. The Bertz CT molecular complexity index is 897. The fourth-order valence-corrected chi connectivity index (χ4v) is 7.89. The fourth-order valence-electron chi connectivity index (χ4n) is 7.89. The predicted molar refractivity (Wildman–Crippen MR) is 145 cm³/mol. The van der Waals surface area contributed by atoms with Crippen LogP contribution in [0, 0.1) is 29.6 Å². The van der Waals surface area contributed by atoms with Gasteiger partial charge in [-0.05, 0) is 100 Å². The molecule has 4 bridgehead atoms. The lowest BCUT2D eigenvalue weighted by atomic mass is 9.54. The summed E-state index contributed by atoms with van der Waals surface area (Å²) in [5.41, 5.74) is 0.562. The molecule has 5 aliphatic carbocycles. The van der Waals surface area contributed by atoms with E-state index in [1.165, 1.54) is 64.2 Å². The molecule has 2 N–H and O–H groups in total. The molecule has 6 fully saturated rings. The van der Waals surface area contributed by atoms with Crippen LogP contribution in [0.5, 0.6) is 5.88 Å². The molecule has 9 heteroatoms. The highest BCUT2D eigenvalue weighted by molar-refractivity contribution is 5.96. The van der Waals surface area contributed by atoms with E-state index >= 15 is 0 Å². The molecule has 5 saturated carbocycles. The molecule has 1 aromatic rings. The monoisotopic (exact) mass is 533 g/mol. The molecule has 2 heterocycles. The van der Waals surface area contributed by atoms with Gasteiger partial charge in [0.2, 0.25) is 5.88 Å². The Hall–Kier alpha value is -1.80. The number of nitrogens with zero attached hydrogens (tertiary/aromatic N) is 3. The first-order valence-corrected chi connectivity index (χ1v) is 14.6. The van der Waals surface area contributed by atoms with Crippen LogP contribution in [0.2, 0.25) is 0 Å². The summed E-state index contributed by atoms with van der Waals surface area (Å²) in [5, 5.41) is 15.5. The number of ether oxygens (including phenoxy) is 1. The number of amides is 1. The standard InChI is InChI=1S/C28H43N5O3.ClH/c34-27(32-26-22-13-20-12-21(15-22)16-23(26)14-20)25-17-30-33(11-10-31-36-24-6-8-29-9-7-24)28(25)35-18-19-4-2-1-3-5-19;/h10,17,19-24,26,29H,1-9,11-16,18H2,(H,32,34);1H/b31-10+;. The van der Waals surface area contributed by atoms with Gasteiger partial charge < -0.3 is 20.2 Å². The van der Waals surface area contributed by atoms with Crippen molar-refractivity contribution in [1.82, 2.24) is 20.4 Å². The molecule has 0 aromatic carbocycles. The Morgan fingerprint density at radius 1 is 1.05 bits per heavy atom. The second kappa shape index (κ2) is 12.4. The van der Waals surface area contributed by atoms with Crippen LogP contribution in [0.4, 0.5) is 0 Å². The Morgan fingerprint density at radius 2 is 1.76 bits per heavy atom. The van der Waals surface area contributed by atoms with Crippen LogP contribution < -0.4 is 15.4 Å². The summed E-state index contributed by atoms with van der Waals surface area (Å²) in [7, 11) is 0. The number of hydrogen-bond acceptors (Lipinski definition) is 6. The molecule has 37 heavy (non-hydrogen) atoms. The van der Waals surface area contributed by atoms with E-state index in [4.69, 9.17) is 9.57 Å². The Kier molecular flexibility index (Phi) is 8.96. The van der Waals surface area contributed by atoms with Crippen LogP contribution in [0.1, 0.15) is 87.4 Å². The van der Waals surface area contributed by atoms with Gasteiger partial charge in [-0.3, -0.25) is 4.79 Å². The van der Waals surface area contributed by atoms with Crippen molar-refractivity contribution in [2.45, 2.75) is 95.7 Å². The van der Waals surface area contributed by atoms with E-state index < -0.39 is 0 Å². The number of carbonyl (C=O) groups is 1. The van der Waals surface area contributed by atoms with Crippen LogP contribution in [0.15, 0.2) is 11.4 Å². The molecule has 206 valence electrons. The first-order valence-electron chi connectivity index (χ1n) is 14.6. The van der Waals surface area contributed by atoms with Gasteiger partial charge in [-0.2, -0.15) is 5.10 Å². The van der Waals surface area contributed by atoms with Crippen LogP contribution in [0.25, 0.3) is 0 Å². The molecule has 0 radical (unpaired) electrons. The third-order valence-electron chi connectivity index (χ3n) is 9.57. The second-order valence-corrected chi connectivity index (χ2v) is 12.1. The number of hydrogen-bond donors (Lipinski definition) is 2. The van der Waals surface area contributed by atoms with Crippen molar-refractivity contribution < 1.29 is 14.4 Å².